The molecule has 1 aliphatic rings. The number of nitrogens with zero attached hydrogens (tertiary/aromatic N) is 3. The van der Waals surface area contributed by atoms with E-state index in [9.17, 15) is 14.0 Å². The number of carbonyl (C=O) groups is 2. The highest BCUT2D eigenvalue weighted by Gasteiger charge is 2.35. The van der Waals surface area contributed by atoms with Gasteiger partial charge in [0.05, 0.1) is 12.6 Å². The van der Waals surface area contributed by atoms with Crippen LogP contribution in [0, 0.1) is 12.7 Å². The topological polar surface area (TPSA) is 105 Å². The van der Waals surface area contributed by atoms with Gasteiger partial charge in [-0.2, -0.15) is 0 Å². The lowest BCUT2D eigenvalue weighted by Gasteiger charge is -2.25. The van der Waals surface area contributed by atoms with E-state index in [1.165, 1.54) is 18.3 Å². The van der Waals surface area contributed by atoms with Gasteiger partial charge in [0.2, 0.25) is 5.88 Å². The van der Waals surface area contributed by atoms with Gasteiger partial charge >= 0.3 is 0 Å². The third kappa shape index (κ3) is 4.74. The molecule has 2 amide bonds. The number of pyridine rings is 2. The van der Waals surface area contributed by atoms with Crippen LogP contribution in [0.3, 0.4) is 0 Å². The van der Waals surface area contributed by atoms with Crippen molar-refractivity contribution in [1.82, 2.24) is 20.2 Å². The van der Waals surface area contributed by atoms with Crippen LogP contribution in [-0.2, 0) is 13.2 Å². The highest BCUT2D eigenvalue weighted by Crippen LogP contribution is 2.33. The maximum Gasteiger partial charge on any atom is 0.270 e. The number of aromatic nitrogens is 2. The molecule has 3 heterocycles. The van der Waals surface area contributed by atoms with E-state index >= 15 is 0 Å². The van der Waals surface area contributed by atoms with E-state index in [0.29, 0.717) is 17.0 Å². The second-order valence-corrected chi connectivity index (χ2v) is 8.08. The molecule has 0 aliphatic carbocycles. The summed E-state index contributed by atoms with van der Waals surface area (Å²) in [5.41, 5.74) is 3.66. The Morgan fingerprint density at radius 2 is 2.03 bits per heavy atom. The van der Waals surface area contributed by atoms with E-state index in [0.717, 1.165) is 16.7 Å². The highest BCUT2D eigenvalue weighted by atomic mass is 19.1. The van der Waals surface area contributed by atoms with Crippen molar-refractivity contribution in [3.63, 3.8) is 0 Å². The molecule has 1 aromatic carbocycles. The van der Waals surface area contributed by atoms with E-state index in [-0.39, 0.29) is 49.8 Å². The van der Waals surface area contributed by atoms with Gasteiger partial charge in [0.1, 0.15) is 18.1 Å². The maximum atomic E-state index is 13.1. The molecular weight excluding hydrogens is 439 g/mol. The molecule has 3 aromatic rings. The van der Waals surface area contributed by atoms with Crippen LogP contribution in [0.2, 0.25) is 0 Å². The molecule has 1 aliphatic heterocycles. The minimum absolute atomic E-state index is 0.110. The number of benzene rings is 1. The SMILES string of the molecule is Cc1cc(C(C)N2Cc3c(ccnc3C(=O)NCCO)C2=O)cnc1OCc1ccc(F)cc1. The van der Waals surface area contributed by atoms with Crippen molar-refractivity contribution in [2.24, 2.45) is 0 Å². The molecule has 9 heteroatoms. The first-order valence-electron chi connectivity index (χ1n) is 10.9. The van der Waals surface area contributed by atoms with Crippen LogP contribution in [0.5, 0.6) is 5.88 Å². The Bertz CT molecular complexity index is 1220. The van der Waals surface area contributed by atoms with Crippen LogP contribution in [0.4, 0.5) is 4.39 Å². The summed E-state index contributed by atoms with van der Waals surface area (Å²) in [6.45, 7) is 4.21. The van der Waals surface area contributed by atoms with Gasteiger partial charge in [-0.15, -0.1) is 0 Å². The Hall–Kier alpha value is -3.85. The van der Waals surface area contributed by atoms with Crippen molar-refractivity contribution in [2.75, 3.05) is 13.2 Å². The van der Waals surface area contributed by atoms with E-state index in [1.807, 2.05) is 19.9 Å². The lowest BCUT2D eigenvalue weighted by Crippen LogP contribution is -2.29. The van der Waals surface area contributed by atoms with E-state index in [2.05, 4.69) is 15.3 Å². The smallest absolute Gasteiger partial charge is 0.270 e. The van der Waals surface area contributed by atoms with Gasteiger partial charge in [-0.25, -0.2) is 9.37 Å². The zero-order valence-corrected chi connectivity index (χ0v) is 18.9. The number of carbonyl (C=O) groups excluding carboxylic acids is 2. The fraction of sp³-hybridized carbons (Fsp3) is 0.280. The Kier molecular flexibility index (Phi) is 6.83. The summed E-state index contributed by atoms with van der Waals surface area (Å²) in [4.78, 5) is 35.8. The maximum absolute atomic E-state index is 13.1. The number of hydrogen-bond acceptors (Lipinski definition) is 6. The average molecular weight is 464 g/mol. The molecule has 176 valence electrons. The molecular formula is C25H25FN4O4. The second-order valence-electron chi connectivity index (χ2n) is 8.08. The summed E-state index contributed by atoms with van der Waals surface area (Å²) in [5.74, 6) is -0.448. The summed E-state index contributed by atoms with van der Waals surface area (Å²) < 4.78 is 18.9. The molecule has 0 saturated heterocycles. The quantitative estimate of drug-likeness (QED) is 0.531. The van der Waals surface area contributed by atoms with Gasteiger partial charge in [0.25, 0.3) is 11.8 Å². The Morgan fingerprint density at radius 3 is 2.74 bits per heavy atom. The van der Waals surface area contributed by atoms with Crippen LogP contribution in [0.25, 0.3) is 0 Å². The van der Waals surface area contributed by atoms with E-state index in [1.54, 1.807) is 29.3 Å². The largest absolute Gasteiger partial charge is 0.473 e. The number of amides is 2. The van der Waals surface area contributed by atoms with Gasteiger partial charge in [-0.05, 0) is 49.2 Å². The number of aliphatic hydroxyl groups is 1. The zero-order valence-electron chi connectivity index (χ0n) is 18.9. The van der Waals surface area contributed by atoms with Crippen molar-refractivity contribution in [2.45, 2.75) is 33.0 Å². The average Bonchev–Trinajstić information content (AvgIpc) is 3.18. The molecule has 0 radical (unpaired) electrons. The number of fused-ring (bicyclic) bond motifs is 1. The molecule has 2 aromatic heterocycles. The molecule has 1 atom stereocenters. The van der Waals surface area contributed by atoms with Gasteiger partial charge in [0.15, 0.2) is 0 Å². The number of nitrogens with one attached hydrogen (secondary N) is 1. The first-order valence-corrected chi connectivity index (χ1v) is 10.9. The monoisotopic (exact) mass is 464 g/mol. The van der Waals surface area contributed by atoms with Crippen LogP contribution in [-0.4, -0.2) is 44.9 Å². The normalized spacial score (nSPS) is 13.5. The second kappa shape index (κ2) is 9.96. The standard InChI is InChI=1S/C25H25FN4O4/c1-15-11-18(12-29-24(15)34-14-17-3-5-19(26)6-4-17)16(2)30-13-21-20(25(30)33)7-8-27-22(21)23(32)28-9-10-31/h3-8,11-12,16,31H,9-10,13-14H2,1-2H3,(H,28,32). The van der Waals surface area contributed by atoms with Gasteiger partial charge in [-0.1, -0.05) is 12.1 Å². The summed E-state index contributed by atoms with van der Waals surface area (Å²) in [5, 5.41) is 11.5. The summed E-state index contributed by atoms with van der Waals surface area (Å²) in [6.07, 6.45) is 3.11. The predicted octanol–water partition coefficient (Wildman–Crippen LogP) is 2.94. The minimum atomic E-state index is -0.423. The molecule has 2 N–H and O–H groups in total. The van der Waals surface area contributed by atoms with Crippen LogP contribution in [0.1, 0.15) is 56.1 Å². The molecule has 0 bridgehead atoms. The van der Waals surface area contributed by atoms with Crippen LogP contribution < -0.4 is 10.1 Å². The fourth-order valence-electron chi connectivity index (χ4n) is 3.89. The number of aliphatic hydroxyl groups excluding tert-OH is 1. The lowest BCUT2D eigenvalue weighted by molar-refractivity contribution is 0.0714. The Morgan fingerprint density at radius 1 is 1.26 bits per heavy atom. The molecule has 0 spiro atoms. The van der Waals surface area contributed by atoms with Crippen molar-refractivity contribution in [3.8, 4) is 5.88 Å². The number of rotatable bonds is 8. The van der Waals surface area contributed by atoms with Crippen LogP contribution in [0.15, 0.2) is 48.8 Å². The highest BCUT2D eigenvalue weighted by molar-refractivity contribution is 6.03. The van der Waals surface area contributed by atoms with Crippen molar-refractivity contribution in [1.29, 1.82) is 0 Å². The molecule has 8 nitrogen and oxygen atoms in total. The Balaban J connectivity index is 1.48. The van der Waals surface area contributed by atoms with Gasteiger partial charge in [0, 0.05) is 42.2 Å². The third-order valence-electron chi connectivity index (χ3n) is 5.78. The number of aryl methyl sites for hydroxylation is 1. The van der Waals surface area contributed by atoms with Gasteiger partial charge < -0.3 is 20.1 Å². The van der Waals surface area contributed by atoms with Crippen molar-refractivity contribution < 1.29 is 23.8 Å². The number of hydrogen-bond donors (Lipinski definition) is 2. The van der Waals surface area contributed by atoms with Crippen LogP contribution >= 0.6 is 0 Å². The lowest BCUT2D eigenvalue weighted by atomic mass is 10.1. The van der Waals surface area contributed by atoms with Gasteiger partial charge in [-0.3, -0.25) is 14.6 Å². The molecule has 1 unspecified atom stereocenters. The first-order chi connectivity index (χ1) is 16.4. The molecule has 0 fully saturated rings. The van der Waals surface area contributed by atoms with E-state index in [4.69, 9.17) is 9.84 Å². The zero-order chi connectivity index (χ0) is 24.2. The van der Waals surface area contributed by atoms with Crippen molar-refractivity contribution in [3.05, 3.63) is 88.1 Å². The molecule has 34 heavy (non-hydrogen) atoms. The number of ether oxygens (including phenoxy) is 1. The minimum Gasteiger partial charge on any atom is -0.473 e. The van der Waals surface area contributed by atoms with Crippen molar-refractivity contribution >= 4 is 11.8 Å². The predicted molar refractivity (Wildman–Crippen MR) is 122 cm³/mol. The summed E-state index contributed by atoms with van der Waals surface area (Å²) in [6, 6.07) is 9.31. The first kappa shape index (κ1) is 23.3. The summed E-state index contributed by atoms with van der Waals surface area (Å²) >= 11 is 0. The van der Waals surface area contributed by atoms with E-state index < -0.39 is 5.91 Å². The third-order valence-corrected chi connectivity index (χ3v) is 5.78. The molecule has 0 saturated carbocycles. The fourth-order valence-corrected chi connectivity index (χ4v) is 3.89. The summed E-state index contributed by atoms with van der Waals surface area (Å²) in [7, 11) is 0. The molecule has 4 rings (SSSR count). The number of halogens is 1. The Labute approximate surface area is 196 Å².